The minimum Gasteiger partial charge on any atom is -0.385 e. The van der Waals surface area contributed by atoms with E-state index in [-0.39, 0.29) is 18.2 Å². The first-order chi connectivity index (χ1) is 15.5. The Labute approximate surface area is 186 Å². The lowest BCUT2D eigenvalue weighted by atomic mass is 10.1. The van der Waals surface area contributed by atoms with Gasteiger partial charge in [0.2, 0.25) is 5.91 Å². The molecule has 0 aliphatic carbocycles. The van der Waals surface area contributed by atoms with E-state index in [9.17, 15) is 18.4 Å². The SMILES string of the molecule is COCCCNC(=O)c1ccc(N2CCN(C(=O)CCc3ccc(F)c(F)c3)CC2)nc1. The zero-order valence-corrected chi connectivity index (χ0v) is 18.2. The van der Waals surface area contributed by atoms with E-state index < -0.39 is 11.6 Å². The van der Waals surface area contributed by atoms with E-state index >= 15 is 0 Å². The molecule has 2 amide bonds. The predicted octanol–water partition coefficient (Wildman–Crippen LogP) is 2.41. The van der Waals surface area contributed by atoms with Crippen molar-refractivity contribution in [3.8, 4) is 0 Å². The topological polar surface area (TPSA) is 74.8 Å². The minimum absolute atomic E-state index is 0.0113. The van der Waals surface area contributed by atoms with Gasteiger partial charge in [-0.1, -0.05) is 6.07 Å². The molecule has 3 rings (SSSR count). The van der Waals surface area contributed by atoms with Crippen molar-refractivity contribution in [3.05, 3.63) is 59.3 Å². The van der Waals surface area contributed by atoms with Crippen LogP contribution in [0.5, 0.6) is 0 Å². The molecule has 0 bridgehead atoms. The Kier molecular flexibility index (Phi) is 8.49. The van der Waals surface area contributed by atoms with Crippen molar-refractivity contribution in [2.75, 3.05) is 51.3 Å². The molecule has 1 aromatic heterocycles. The molecule has 7 nitrogen and oxygen atoms in total. The van der Waals surface area contributed by atoms with Crippen LogP contribution in [0.15, 0.2) is 36.5 Å². The van der Waals surface area contributed by atoms with E-state index in [0.717, 1.165) is 24.4 Å². The Hall–Kier alpha value is -3.07. The molecule has 2 aromatic rings. The normalized spacial score (nSPS) is 13.8. The lowest BCUT2D eigenvalue weighted by molar-refractivity contribution is -0.131. The summed E-state index contributed by atoms with van der Waals surface area (Å²) in [6, 6.07) is 7.27. The number of methoxy groups -OCH3 is 1. The second-order valence-corrected chi connectivity index (χ2v) is 7.62. The number of anilines is 1. The molecule has 0 saturated carbocycles. The quantitative estimate of drug-likeness (QED) is 0.599. The van der Waals surface area contributed by atoms with Crippen LogP contribution in [-0.4, -0.2) is 68.1 Å². The Morgan fingerprint density at radius 2 is 1.88 bits per heavy atom. The standard InChI is InChI=1S/C23H28F2N4O3/c1-32-14-2-9-26-23(31)18-5-7-21(27-16-18)28-10-12-29(13-11-28)22(30)8-4-17-3-6-19(24)20(25)15-17/h3,5-7,15-16H,2,4,8-14H2,1H3,(H,26,31). The van der Waals surface area contributed by atoms with Crippen molar-refractivity contribution in [2.24, 2.45) is 0 Å². The average Bonchev–Trinajstić information content (AvgIpc) is 2.82. The summed E-state index contributed by atoms with van der Waals surface area (Å²) in [7, 11) is 1.62. The zero-order valence-electron chi connectivity index (χ0n) is 18.2. The highest BCUT2D eigenvalue weighted by atomic mass is 19.2. The molecular formula is C23H28F2N4O3. The van der Waals surface area contributed by atoms with Crippen molar-refractivity contribution in [1.82, 2.24) is 15.2 Å². The maximum atomic E-state index is 13.3. The molecule has 0 spiro atoms. The highest BCUT2D eigenvalue weighted by Gasteiger charge is 2.22. The third-order valence-corrected chi connectivity index (χ3v) is 5.39. The Bertz CT molecular complexity index is 916. The summed E-state index contributed by atoms with van der Waals surface area (Å²) in [5.74, 6) is -1.21. The molecule has 32 heavy (non-hydrogen) atoms. The third-order valence-electron chi connectivity index (χ3n) is 5.39. The highest BCUT2D eigenvalue weighted by molar-refractivity contribution is 5.94. The lowest BCUT2D eigenvalue weighted by Crippen LogP contribution is -2.49. The van der Waals surface area contributed by atoms with Gasteiger partial charge < -0.3 is 19.9 Å². The van der Waals surface area contributed by atoms with Gasteiger partial charge in [-0.2, -0.15) is 0 Å². The van der Waals surface area contributed by atoms with Crippen LogP contribution in [0.25, 0.3) is 0 Å². The van der Waals surface area contributed by atoms with Crippen LogP contribution in [-0.2, 0) is 16.0 Å². The maximum absolute atomic E-state index is 13.3. The van der Waals surface area contributed by atoms with Crippen molar-refractivity contribution < 1.29 is 23.1 Å². The summed E-state index contributed by atoms with van der Waals surface area (Å²) in [4.78, 5) is 32.9. The molecule has 1 saturated heterocycles. The molecule has 1 aromatic carbocycles. The number of amides is 2. The van der Waals surface area contributed by atoms with Crippen LogP contribution >= 0.6 is 0 Å². The molecule has 1 fully saturated rings. The number of aryl methyl sites for hydroxylation is 1. The van der Waals surface area contributed by atoms with Crippen LogP contribution in [0.2, 0.25) is 0 Å². The van der Waals surface area contributed by atoms with E-state index in [1.54, 1.807) is 24.3 Å². The van der Waals surface area contributed by atoms with Crippen molar-refractivity contribution >= 4 is 17.6 Å². The number of ether oxygens (including phenoxy) is 1. The molecule has 2 heterocycles. The summed E-state index contributed by atoms with van der Waals surface area (Å²) >= 11 is 0. The van der Waals surface area contributed by atoms with Gasteiger partial charge in [0, 0.05) is 59.1 Å². The molecule has 1 aliphatic heterocycles. The Morgan fingerprint density at radius 1 is 1.09 bits per heavy atom. The summed E-state index contributed by atoms with van der Waals surface area (Å²) in [6.07, 6.45) is 2.92. The third kappa shape index (κ3) is 6.46. The molecule has 0 radical (unpaired) electrons. The minimum atomic E-state index is -0.898. The second-order valence-electron chi connectivity index (χ2n) is 7.62. The number of pyridine rings is 1. The van der Waals surface area contributed by atoms with Crippen LogP contribution in [0.1, 0.15) is 28.8 Å². The zero-order chi connectivity index (χ0) is 22.9. The maximum Gasteiger partial charge on any atom is 0.252 e. The van der Waals surface area contributed by atoms with Crippen LogP contribution in [0.3, 0.4) is 0 Å². The number of piperazine rings is 1. The summed E-state index contributed by atoms with van der Waals surface area (Å²) < 4.78 is 31.3. The fraction of sp³-hybridized carbons (Fsp3) is 0.435. The first kappa shape index (κ1) is 23.6. The largest absolute Gasteiger partial charge is 0.385 e. The van der Waals surface area contributed by atoms with E-state index in [2.05, 4.69) is 15.2 Å². The van der Waals surface area contributed by atoms with Gasteiger partial charge in [-0.05, 0) is 42.7 Å². The Morgan fingerprint density at radius 3 is 2.53 bits per heavy atom. The van der Waals surface area contributed by atoms with Gasteiger partial charge in [0.15, 0.2) is 11.6 Å². The van der Waals surface area contributed by atoms with Gasteiger partial charge in [-0.15, -0.1) is 0 Å². The van der Waals surface area contributed by atoms with Crippen LogP contribution in [0, 0.1) is 11.6 Å². The number of carbonyl (C=O) groups is 2. The van der Waals surface area contributed by atoms with E-state index in [1.165, 1.54) is 6.07 Å². The number of halogens is 2. The summed E-state index contributed by atoms with van der Waals surface area (Å²) in [5, 5.41) is 2.82. The number of aromatic nitrogens is 1. The predicted molar refractivity (Wildman–Crippen MR) is 117 cm³/mol. The number of hydrogen-bond donors (Lipinski definition) is 1. The highest BCUT2D eigenvalue weighted by Crippen LogP contribution is 2.16. The lowest BCUT2D eigenvalue weighted by Gasteiger charge is -2.35. The number of carbonyl (C=O) groups excluding carboxylic acids is 2. The second kappa shape index (κ2) is 11.5. The summed E-state index contributed by atoms with van der Waals surface area (Å²) in [6.45, 7) is 3.51. The first-order valence-corrected chi connectivity index (χ1v) is 10.7. The van der Waals surface area contributed by atoms with Crippen molar-refractivity contribution in [3.63, 3.8) is 0 Å². The molecule has 0 atom stereocenters. The monoisotopic (exact) mass is 446 g/mol. The number of benzene rings is 1. The molecule has 0 unspecified atom stereocenters. The van der Waals surface area contributed by atoms with Gasteiger partial charge in [0.25, 0.3) is 5.91 Å². The van der Waals surface area contributed by atoms with Crippen LogP contribution in [0.4, 0.5) is 14.6 Å². The smallest absolute Gasteiger partial charge is 0.252 e. The van der Waals surface area contributed by atoms with Gasteiger partial charge in [-0.25, -0.2) is 13.8 Å². The first-order valence-electron chi connectivity index (χ1n) is 10.7. The van der Waals surface area contributed by atoms with E-state index in [1.807, 2.05) is 6.07 Å². The van der Waals surface area contributed by atoms with Gasteiger partial charge in [0.1, 0.15) is 5.82 Å². The van der Waals surface area contributed by atoms with Crippen LogP contribution < -0.4 is 10.2 Å². The number of nitrogens with one attached hydrogen (secondary N) is 1. The Balaban J connectivity index is 1.44. The van der Waals surface area contributed by atoms with Gasteiger partial charge in [-0.3, -0.25) is 9.59 Å². The average molecular weight is 446 g/mol. The van der Waals surface area contributed by atoms with Crippen molar-refractivity contribution in [2.45, 2.75) is 19.3 Å². The summed E-state index contributed by atoms with van der Waals surface area (Å²) in [5.41, 5.74) is 1.10. The number of hydrogen-bond acceptors (Lipinski definition) is 5. The number of nitrogens with zero attached hydrogens (tertiary/aromatic N) is 3. The van der Waals surface area contributed by atoms with E-state index in [4.69, 9.17) is 4.74 Å². The molecule has 1 aliphatic rings. The molecule has 9 heteroatoms. The molecule has 172 valence electrons. The fourth-order valence-corrected chi connectivity index (χ4v) is 3.52. The molecule has 1 N–H and O–H groups in total. The van der Waals surface area contributed by atoms with Gasteiger partial charge >= 0.3 is 0 Å². The van der Waals surface area contributed by atoms with Crippen molar-refractivity contribution in [1.29, 1.82) is 0 Å². The molecular weight excluding hydrogens is 418 g/mol. The number of rotatable bonds is 9. The van der Waals surface area contributed by atoms with Gasteiger partial charge in [0.05, 0.1) is 5.56 Å². The fourth-order valence-electron chi connectivity index (χ4n) is 3.52. The van der Waals surface area contributed by atoms with E-state index in [0.29, 0.717) is 56.9 Å².